The van der Waals surface area contributed by atoms with Gasteiger partial charge >= 0.3 is 0 Å². The van der Waals surface area contributed by atoms with E-state index in [1.165, 1.54) is 23.1 Å². The van der Waals surface area contributed by atoms with Gasteiger partial charge < -0.3 is 10.6 Å². The molecule has 7 heteroatoms. The van der Waals surface area contributed by atoms with Crippen LogP contribution in [0, 0.1) is 12.8 Å². The number of rotatable bonds is 8. The smallest absolute Gasteiger partial charge is 0.257 e. The Labute approximate surface area is 241 Å². The number of likely N-dealkylation sites (tertiary alicyclic amines) is 1. The number of amides is 2. The normalized spacial score (nSPS) is 20.3. The molecule has 1 aliphatic heterocycles. The molecule has 214 valence electrons. The molecule has 0 aromatic carbocycles. The first-order valence-electron chi connectivity index (χ1n) is 14.4. The molecule has 2 aliphatic carbocycles. The van der Waals surface area contributed by atoms with E-state index in [-0.39, 0.29) is 16.1 Å². The lowest BCUT2D eigenvalue weighted by atomic mass is 9.83. The lowest BCUT2D eigenvalue weighted by molar-refractivity contribution is -0.117. The number of aromatic nitrogens is 2. The minimum absolute atomic E-state index is 0. The van der Waals surface area contributed by atoms with Crippen molar-refractivity contribution in [2.45, 2.75) is 71.8 Å². The van der Waals surface area contributed by atoms with Crippen molar-refractivity contribution >= 4 is 29.3 Å². The molecule has 7 nitrogen and oxygen atoms in total. The van der Waals surface area contributed by atoms with Crippen LogP contribution in [0.1, 0.15) is 84.0 Å². The molecular weight excluding hydrogens is 498 g/mol. The number of fused-ring (bicyclic) bond motifs is 1. The second kappa shape index (κ2) is 12.2. The van der Waals surface area contributed by atoms with Gasteiger partial charge in [-0.05, 0) is 112 Å². The van der Waals surface area contributed by atoms with Crippen LogP contribution in [-0.4, -0.2) is 45.8 Å². The fourth-order valence-electron chi connectivity index (χ4n) is 5.94. The number of nitrogens with one attached hydrogen (secondary N) is 2. The fourth-order valence-corrected chi connectivity index (χ4v) is 5.94. The minimum atomic E-state index is -0.248. The number of anilines is 2. The Balaban J connectivity index is 0.00000215. The molecule has 1 unspecified atom stereocenters. The van der Waals surface area contributed by atoms with Gasteiger partial charge in [0.25, 0.3) is 5.91 Å². The van der Waals surface area contributed by atoms with Gasteiger partial charge in [0.15, 0.2) is 0 Å². The van der Waals surface area contributed by atoms with Crippen LogP contribution in [0.15, 0.2) is 59.6 Å². The summed E-state index contributed by atoms with van der Waals surface area (Å²) in [7, 11) is 0. The van der Waals surface area contributed by atoms with E-state index in [0.717, 1.165) is 56.3 Å². The van der Waals surface area contributed by atoms with Crippen LogP contribution in [0.5, 0.6) is 0 Å². The van der Waals surface area contributed by atoms with Gasteiger partial charge in [-0.1, -0.05) is 12.7 Å². The third kappa shape index (κ3) is 6.49. The van der Waals surface area contributed by atoms with E-state index in [0.29, 0.717) is 41.1 Å². The highest BCUT2D eigenvalue weighted by atomic mass is 16.2. The van der Waals surface area contributed by atoms with E-state index in [4.69, 9.17) is 0 Å². The van der Waals surface area contributed by atoms with Gasteiger partial charge in [-0.2, -0.15) is 0 Å². The molecule has 2 aromatic heterocycles. The highest BCUT2D eigenvalue weighted by Crippen LogP contribution is 2.36. The Bertz CT molecular complexity index is 1450. The first-order chi connectivity index (χ1) is 19.3. The van der Waals surface area contributed by atoms with Gasteiger partial charge in [0.05, 0.1) is 41.1 Å². The van der Waals surface area contributed by atoms with E-state index in [9.17, 15) is 9.59 Å². The largest absolute Gasteiger partial charge is 0.324 e. The second-order valence-corrected chi connectivity index (χ2v) is 11.5. The Morgan fingerprint density at radius 1 is 1.18 bits per heavy atom. The number of allylic oxidation sites excluding steroid dienone is 4. The Kier molecular flexibility index (Phi) is 8.43. The quantitative estimate of drug-likeness (QED) is 0.351. The zero-order chi connectivity index (χ0) is 28.2. The molecule has 2 amide bonds. The summed E-state index contributed by atoms with van der Waals surface area (Å²) in [5, 5.41) is 5.89. The Hall–Kier alpha value is -3.80. The molecule has 5 rings (SSSR count). The fraction of sp³-hybridized carbons (Fsp3) is 0.424. The average molecular weight is 544 g/mol. The molecule has 0 radical (unpaired) electrons. The van der Waals surface area contributed by atoms with E-state index in [2.05, 4.69) is 63.8 Å². The topological polar surface area (TPSA) is 87.2 Å². The average Bonchev–Trinajstić information content (AvgIpc) is 3.56. The molecule has 3 heterocycles. The molecule has 2 atom stereocenters. The van der Waals surface area contributed by atoms with Crippen molar-refractivity contribution < 1.29 is 13.9 Å². The van der Waals surface area contributed by atoms with Crippen molar-refractivity contribution in [1.82, 2.24) is 14.9 Å². The summed E-state index contributed by atoms with van der Waals surface area (Å²) >= 11 is 0. The monoisotopic (exact) mass is 543 g/mol. The van der Waals surface area contributed by atoms with Crippen LogP contribution in [0.2, 0.25) is 0 Å². The Morgan fingerprint density at radius 3 is 2.75 bits per heavy atom. The van der Waals surface area contributed by atoms with Crippen molar-refractivity contribution in [3.05, 3.63) is 82.1 Å². The third-order valence-electron chi connectivity index (χ3n) is 8.44. The number of pyridine rings is 2. The molecule has 0 saturated carbocycles. The predicted octanol–water partition coefficient (Wildman–Crippen LogP) is 6.99. The van der Waals surface area contributed by atoms with Crippen molar-refractivity contribution in [3.63, 3.8) is 0 Å². The van der Waals surface area contributed by atoms with Crippen LogP contribution in [-0.2, 0) is 11.2 Å². The third-order valence-corrected chi connectivity index (χ3v) is 8.44. The molecule has 2 N–H and O–H groups in total. The van der Waals surface area contributed by atoms with Crippen LogP contribution >= 0.6 is 0 Å². The van der Waals surface area contributed by atoms with Gasteiger partial charge in [-0.3, -0.25) is 24.5 Å². The lowest BCUT2D eigenvalue weighted by Crippen LogP contribution is -2.35. The maximum Gasteiger partial charge on any atom is 0.257 e. The molecule has 1 fully saturated rings. The van der Waals surface area contributed by atoms with E-state index < -0.39 is 0 Å². The molecule has 0 bridgehead atoms. The second-order valence-electron chi connectivity index (χ2n) is 11.5. The minimum Gasteiger partial charge on any atom is -0.324 e. The number of aryl methyl sites for hydroxylation is 1. The van der Waals surface area contributed by atoms with Crippen molar-refractivity contribution in [3.8, 4) is 0 Å². The van der Waals surface area contributed by atoms with Crippen molar-refractivity contribution in [2.75, 3.05) is 23.7 Å². The summed E-state index contributed by atoms with van der Waals surface area (Å²) in [6, 6.07) is 4.10. The zero-order valence-electron chi connectivity index (χ0n) is 23.8. The number of hydrogen-bond donors (Lipinski definition) is 2. The zero-order valence-corrected chi connectivity index (χ0v) is 23.8. The summed E-state index contributed by atoms with van der Waals surface area (Å²) in [6.07, 6.45) is 15.3. The summed E-state index contributed by atoms with van der Waals surface area (Å²) in [5.41, 5.74) is 11.3. The maximum absolute atomic E-state index is 13.2. The summed E-state index contributed by atoms with van der Waals surface area (Å²) in [5.74, 6) is 0.338. The summed E-state index contributed by atoms with van der Waals surface area (Å²) in [4.78, 5) is 37.0. The van der Waals surface area contributed by atoms with Gasteiger partial charge in [-0.15, -0.1) is 5.73 Å². The van der Waals surface area contributed by atoms with E-state index in [1.807, 2.05) is 13.0 Å². The number of carbonyl (C=O) groups is 2. The molecule has 3 aliphatic rings. The molecule has 2 aromatic rings. The highest BCUT2D eigenvalue weighted by Gasteiger charge is 2.24. The maximum atomic E-state index is 13.2. The van der Waals surface area contributed by atoms with Gasteiger partial charge in [0.1, 0.15) is 0 Å². The van der Waals surface area contributed by atoms with Gasteiger partial charge in [0, 0.05) is 22.9 Å². The van der Waals surface area contributed by atoms with Crippen LogP contribution < -0.4 is 10.6 Å². The van der Waals surface area contributed by atoms with Crippen LogP contribution in [0.3, 0.4) is 0 Å². The SMILES string of the molecule is C=C=C(C)CC1CC=C(C2=Cc3cc(C(=O)Nc4cc(NC(=O)CN5CCC[C@@H]5C)cnc4C)cnc3C2)CC1.[HH].[HH].[HH]. The first kappa shape index (κ1) is 27.8. The number of carbonyl (C=O) groups excluding carboxylic acids is 2. The number of hydrogen-bond acceptors (Lipinski definition) is 5. The number of nitrogens with zero attached hydrogens (tertiary/aromatic N) is 3. The van der Waals surface area contributed by atoms with E-state index >= 15 is 0 Å². The Morgan fingerprint density at radius 2 is 2.02 bits per heavy atom. The first-order valence-corrected chi connectivity index (χ1v) is 14.4. The van der Waals surface area contributed by atoms with Crippen molar-refractivity contribution in [1.29, 1.82) is 0 Å². The molecule has 40 heavy (non-hydrogen) atoms. The molecular formula is C33H45N5O2. The molecule has 1 saturated heterocycles. The van der Waals surface area contributed by atoms with Gasteiger partial charge in [-0.25, -0.2) is 0 Å². The lowest BCUT2D eigenvalue weighted by Gasteiger charge is -2.22. The predicted molar refractivity (Wildman–Crippen MR) is 166 cm³/mol. The van der Waals surface area contributed by atoms with Gasteiger partial charge in [0.2, 0.25) is 5.91 Å². The summed E-state index contributed by atoms with van der Waals surface area (Å²) < 4.78 is 0. The highest BCUT2D eigenvalue weighted by molar-refractivity contribution is 6.05. The van der Waals surface area contributed by atoms with Crippen molar-refractivity contribution in [2.24, 2.45) is 5.92 Å². The van der Waals surface area contributed by atoms with Crippen LogP contribution in [0.25, 0.3) is 6.08 Å². The molecule has 0 spiro atoms. The standard InChI is InChI=1S/C33H39N5O2.3H2/c1-5-21(2)13-24-8-10-25(11-9-24)26-14-27-15-28(18-35-31(27)16-26)33(40)37-30-17-29(19-34-23(30)4)36-32(39)20-38-12-6-7-22(38)3;;;/h10,14-15,17-19,22,24H,1,6-9,11-13,16,20H2,2-4H3,(H,36,39)(H,37,40);3*1H/t22-,24?;;;/m0.../s1. The van der Waals surface area contributed by atoms with Crippen LogP contribution in [0.4, 0.5) is 11.4 Å². The van der Waals surface area contributed by atoms with E-state index in [1.54, 1.807) is 18.5 Å². The summed E-state index contributed by atoms with van der Waals surface area (Å²) in [6.45, 7) is 11.2.